The van der Waals surface area contributed by atoms with Crippen LogP contribution in [-0.4, -0.2) is 17.9 Å². The number of halogens is 1. The van der Waals surface area contributed by atoms with Gasteiger partial charge in [-0.3, -0.25) is 4.79 Å². The van der Waals surface area contributed by atoms with Gasteiger partial charge in [0.1, 0.15) is 0 Å². The minimum absolute atomic E-state index is 0.0851. The molecular formula is C15H22ClNO. The molecule has 0 heterocycles. The van der Waals surface area contributed by atoms with Crippen molar-refractivity contribution in [1.82, 2.24) is 4.90 Å². The maximum atomic E-state index is 12.0. The van der Waals surface area contributed by atoms with Crippen LogP contribution in [0.25, 0.3) is 0 Å². The Morgan fingerprint density at radius 1 is 1.22 bits per heavy atom. The molecule has 0 fully saturated rings. The summed E-state index contributed by atoms with van der Waals surface area (Å²) in [5, 5.41) is 0.722. The Bertz CT molecular complexity index is 386. The van der Waals surface area contributed by atoms with Crippen molar-refractivity contribution in [2.24, 2.45) is 5.92 Å². The summed E-state index contributed by atoms with van der Waals surface area (Å²) >= 11 is 5.86. The first-order valence-electron chi connectivity index (χ1n) is 6.43. The van der Waals surface area contributed by atoms with Crippen molar-refractivity contribution in [3.8, 4) is 0 Å². The van der Waals surface area contributed by atoms with Gasteiger partial charge in [0.15, 0.2) is 0 Å². The number of rotatable bonds is 5. The third-order valence-electron chi connectivity index (χ3n) is 3.26. The summed E-state index contributed by atoms with van der Waals surface area (Å²) in [5.74, 6) is 0.763. The molecule has 18 heavy (non-hydrogen) atoms. The van der Waals surface area contributed by atoms with Gasteiger partial charge in [-0.15, -0.1) is 0 Å². The number of hydrogen-bond acceptors (Lipinski definition) is 1. The maximum Gasteiger partial charge on any atom is 0.222 e. The minimum atomic E-state index is 0.0851. The normalized spacial score (nSPS) is 12.6. The molecule has 100 valence electrons. The maximum absolute atomic E-state index is 12.0. The number of benzene rings is 1. The smallest absolute Gasteiger partial charge is 0.222 e. The summed E-state index contributed by atoms with van der Waals surface area (Å²) in [4.78, 5) is 13.8. The van der Waals surface area contributed by atoms with E-state index in [2.05, 4.69) is 13.8 Å². The lowest BCUT2D eigenvalue weighted by atomic mass is 10.0. The summed E-state index contributed by atoms with van der Waals surface area (Å²) in [6.45, 7) is 6.31. The Morgan fingerprint density at radius 2 is 1.78 bits per heavy atom. The van der Waals surface area contributed by atoms with Crippen molar-refractivity contribution in [1.29, 1.82) is 0 Å². The molecule has 1 amide bonds. The molecule has 0 aliphatic heterocycles. The van der Waals surface area contributed by atoms with Crippen LogP contribution in [0.3, 0.4) is 0 Å². The zero-order valence-corrected chi connectivity index (χ0v) is 12.4. The van der Waals surface area contributed by atoms with Crippen LogP contribution in [0.15, 0.2) is 24.3 Å². The van der Waals surface area contributed by atoms with Crippen LogP contribution in [0, 0.1) is 5.92 Å². The van der Waals surface area contributed by atoms with E-state index in [1.54, 1.807) is 0 Å². The summed E-state index contributed by atoms with van der Waals surface area (Å²) in [5.41, 5.74) is 1.11. The molecule has 1 atom stereocenters. The number of nitrogens with zero attached hydrogens (tertiary/aromatic N) is 1. The van der Waals surface area contributed by atoms with Crippen molar-refractivity contribution in [2.75, 3.05) is 7.05 Å². The van der Waals surface area contributed by atoms with E-state index < -0.39 is 0 Å². The van der Waals surface area contributed by atoms with Crippen molar-refractivity contribution >= 4 is 17.5 Å². The molecule has 0 saturated heterocycles. The summed E-state index contributed by atoms with van der Waals surface area (Å²) in [7, 11) is 1.86. The van der Waals surface area contributed by atoms with Crippen molar-refractivity contribution in [2.45, 2.75) is 39.7 Å². The van der Waals surface area contributed by atoms with Crippen LogP contribution in [0.5, 0.6) is 0 Å². The van der Waals surface area contributed by atoms with Gasteiger partial charge in [0, 0.05) is 18.5 Å². The van der Waals surface area contributed by atoms with Crippen LogP contribution in [0.4, 0.5) is 0 Å². The molecule has 2 nitrogen and oxygen atoms in total. The number of amides is 1. The number of carbonyl (C=O) groups is 1. The standard InChI is InChI=1S/C15H22ClNO/c1-11(2)5-10-15(18)17(4)12(3)13-6-8-14(16)9-7-13/h6-9,11-12H,5,10H2,1-4H3. The summed E-state index contributed by atoms with van der Waals surface area (Å²) in [6, 6.07) is 7.75. The second kappa shape index (κ2) is 6.79. The van der Waals surface area contributed by atoms with Gasteiger partial charge in [-0.05, 0) is 37.0 Å². The third-order valence-corrected chi connectivity index (χ3v) is 3.51. The van der Waals surface area contributed by atoms with Crippen LogP contribution in [0.2, 0.25) is 5.02 Å². The van der Waals surface area contributed by atoms with E-state index in [-0.39, 0.29) is 11.9 Å². The second-order valence-corrected chi connectivity index (χ2v) is 5.60. The molecule has 0 aliphatic carbocycles. The van der Waals surface area contributed by atoms with E-state index in [1.165, 1.54) is 0 Å². The van der Waals surface area contributed by atoms with Gasteiger partial charge in [0.2, 0.25) is 5.91 Å². The Kier molecular flexibility index (Phi) is 5.67. The molecule has 3 heteroatoms. The Hall–Kier alpha value is -1.02. The fraction of sp³-hybridized carbons (Fsp3) is 0.533. The minimum Gasteiger partial charge on any atom is -0.339 e. The van der Waals surface area contributed by atoms with Crippen LogP contribution in [-0.2, 0) is 4.79 Å². The zero-order chi connectivity index (χ0) is 13.7. The van der Waals surface area contributed by atoms with E-state index in [0.717, 1.165) is 17.0 Å². The van der Waals surface area contributed by atoms with Gasteiger partial charge in [-0.25, -0.2) is 0 Å². The predicted octanol–water partition coefficient (Wildman–Crippen LogP) is 4.30. The van der Waals surface area contributed by atoms with Crippen LogP contribution < -0.4 is 0 Å². The van der Waals surface area contributed by atoms with Crippen molar-refractivity contribution in [3.63, 3.8) is 0 Å². The molecule has 1 rings (SSSR count). The highest BCUT2D eigenvalue weighted by Gasteiger charge is 2.17. The first-order valence-corrected chi connectivity index (χ1v) is 6.80. The average molecular weight is 268 g/mol. The molecule has 0 aromatic heterocycles. The number of carbonyl (C=O) groups excluding carboxylic acids is 1. The Morgan fingerprint density at radius 3 is 2.28 bits per heavy atom. The first-order chi connectivity index (χ1) is 8.41. The predicted molar refractivity (Wildman–Crippen MR) is 76.7 cm³/mol. The van der Waals surface area contributed by atoms with Gasteiger partial charge in [-0.2, -0.15) is 0 Å². The Balaban J connectivity index is 2.62. The van der Waals surface area contributed by atoms with E-state index in [1.807, 2.05) is 43.1 Å². The van der Waals surface area contributed by atoms with Crippen LogP contribution >= 0.6 is 11.6 Å². The molecule has 1 aromatic carbocycles. The molecule has 0 radical (unpaired) electrons. The van der Waals surface area contributed by atoms with Gasteiger partial charge >= 0.3 is 0 Å². The number of hydrogen-bond donors (Lipinski definition) is 0. The lowest BCUT2D eigenvalue weighted by Crippen LogP contribution is -2.29. The highest BCUT2D eigenvalue weighted by Crippen LogP contribution is 2.22. The monoisotopic (exact) mass is 267 g/mol. The molecule has 0 saturated carbocycles. The molecule has 1 unspecified atom stereocenters. The highest BCUT2D eigenvalue weighted by molar-refractivity contribution is 6.30. The third kappa shape index (κ3) is 4.34. The van der Waals surface area contributed by atoms with Gasteiger partial charge in [0.05, 0.1) is 6.04 Å². The fourth-order valence-corrected chi connectivity index (χ4v) is 1.90. The van der Waals surface area contributed by atoms with E-state index in [0.29, 0.717) is 12.3 Å². The SMILES string of the molecule is CC(C)CCC(=O)N(C)C(C)c1ccc(Cl)cc1. The molecule has 0 N–H and O–H groups in total. The lowest BCUT2D eigenvalue weighted by molar-refractivity contribution is -0.132. The van der Waals surface area contributed by atoms with Crippen molar-refractivity contribution < 1.29 is 4.79 Å². The highest BCUT2D eigenvalue weighted by atomic mass is 35.5. The Labute approximate surface area is 115 Å². The zero-order valence-electron chi connectivity index (χ0n) is 11.6. The molecule has 1 aromatic rings. The largest absolute Gasteiger partial charge is 0.339 e. The van der Waals surface area contributed by atoms with Crippen LogP contribution in [0.1, 0.15) is 45.2 Å². The topological polar surface area (TPSA) is 20.3 Å². The average Bonchev–Trinajstić information content (AvgIpc) is 2.35. The molecule has 0 aliphatic rings. The van der Waals surface area contributed by atoms with Gasteiger partial charge < -0.3 is 4.90 Å². The van der Waals surface area contributed by atoms with E-state index >= 15 is 0 Å². The molecule has 0 spiro atoms. The van der Waals surface area contributed by atoms with Crippen molar-refractivity contribution in [3.05, 3.63) is 34.9 Å². The second-order valence-electron chi connectivity index (χ2n) is 5.16. The van der Waals surface area contributed by atoms with Gasteiger partial charge in [-0.1, -0.05) is 37.6 Å². The molecule has 0 bridgehead atoms. The van der Waals surface area contributed by atoms with E-state index in [4.69, 9.17) is 11.6 Å². The summed E-state index contributed by atoms with van der Waals surface area (Å²) < 4.78 is 0. The summed E-state index contributed by atoms with van der Waals surface area (Å²) in [6.07, 6.45) is 1.56. The lowest BCUT2D eigenvalue weighted by Gasteiger charge is -2.25. The van der Waals surface area contributed by atoms with E-state index in [9.17, 15) is 4.79 Å². The first kappa shape index (κ1) is 15.0. The molecular weight excluding hydrogens is 246 g/mol. The van der Waals surface area contributed by atoms with Gasteiger partial charge in [0.25, 0.3) is 0 Å². The fourth-order valence-electron chi connectivity index (χ4n) is 1.77. The quantitative estimate of drug-likeness (QED) is 0.779.